The summed E-state index contributed by atoms with van der Waals surface area (Å²) in [5.74, 6) is -0.135. The van der Waals surface area contributed by atoms with E-state index in [9.17, 15) is 5.11 Å². The molecular weight excluding hydrogens is 484 g/mol. The van der Waals surface area contributed by atoms with Crippen LogP contribution in [0.15, 0.2) is 85.7 Å². The summed E-state index contributed by atoms with van der Waals surface area (Å²) in [7, 11) is -2.77. The third-order valence-electron chi connectivity index (χ3n) is 8.32. The predicted octanol–water partition coefficient (Wildman–Crippen LogP) is 4.50. The van der Waals surface area contributed by atoms with Gasteiger partial charge in [-0.1, -0.05) is 88.4 Å². The van der Waals surface area contributed by atoms with E-state index in [1.165, 1.54) is 10.4 Å². The Morgan fingerprint density at radius 1 is 0.865 bits per heavy atom. The first-order valence-corrected chi connectivity index (χ1v) is 15.1. The molecule has 5 rings (SSSR count). The van der Waals surface area contributed by atoms with E-state index in [1.807, 2.05) is 0 Å². The van der Waals surface area contributed by atoms with E-state index in [4.69, 9.17) is 23.4 Å². The topological polar surface area (TPSA) is 66.4 Å². The zero-order valence-electron chi connectivity index (χ0n) is 22.0. The number of rotatable bonds is 8. The number of aliphatic hydroxyl groups excluding tert-OH is 1. The van der Waals surface area contributed by atoms with Crippen molar-refractivity contribution in [3.05, 3.63) is 85.7 Å². The molecule has 2 aliphatic heterocycles. The maximum atomic E-state index is 10.5. The molecule has 2 heterocycles. The summed E-state index contributed by atoms with van der Waals surface area (Å²) in [5.41, 5.74) is 0. The van der Waals surface area contributed by atoms with Crippen molar-refractivity contribution in [1.29, 1.82) is 0 Å². The first-order chi connectivity index (χ1) is 17.9. The first-order valence-electron chi connectivity index (χ1n) is 13.2. The average Bonchev–Trinajstić information content (AvgIpc) is 3.67. The summed E-state index contributed by atoms with van der Waals surface area (Å²) < 4.78 is 30.7. The Morgan fingerprint density at radius 3 is 1.86 bits per heavy atom. The van der Waals surface area contributed by atoms with Gasteiger partial charge in [0.1, 0.15) is 25.0 Å². The summed E-state index contributed by atoms with van der Waals surface area (Å²) in [6, 6.07) is 21.4. The van der Waals surface area contributed by atoms with Crippen molar-refractivity contribution in [2.75, 3.05) is 6.61 Å². The maximum absolute atomic E-state index is 10.5. The van der Waals surface area contributed by atoms with Crippen molar-refractivity contribution in [3.8, 4) is 0 Å². The Bertz CT molecular complexity index is 1030. The summed E-state index contributed by atoms with van der Waals surface area (Å²) in [6.07, 6.45) is 5.99. The average molecular weight is 523 g/mol. The Labute approximate surface area is 221 Å². The van der Waals surface area contributed by atoms with Crippen LogP contribution in [0, 0.1) is 23.7 Å². The molecule has 1 N–H and O–H groups in total. The van der Waals surface area contributed by atoms with Crippen molar-refractivity contribution < 1.29 is 28.5 Å². The molecule has 0 amide bonds. The normalized spacial score (nSPS) is 26.9. The largest absolute Gasteiger partial charge is 0.459 e. The van der Waals surface area contributed by atoms with Crippen LogP contribution in [0.2, 0.25) is 5.04 Å². The maximum Gasteiger partial charge on any atom is 0.261 e. The molecule has 7 heteroatoms. The van der Waals surface area contributed by atoms with Crippen LogP contribution in [0.5, 0.6) is 0 Å². The lowest BCUT2D eigenvalue weighted by Gasteiger charge is -2.45. The highest BCUT2D eigenvalue weighted by Crippen LogP contribution is 2.50. The van der Waals surface area contributed by atoms with Crippen molar-refractivity contribution in [2.45, 2.75) is 57.8 Å². The molecule has 37 heavy (non-hydrogen) atoms. The Kier molecular flexibility index (Phi) is 7.39. The van der Waals surface area contributed by atoms with E-state index < -0.39 is 20.9 Å². The number of aliphatic hydroxyl groups is 1. The minimum atomic E-state index is -2.77. The van der Waals surface area contributed by atoms with Gasteiger partial charge in [-0.05, 0) is 33.7 Å². The van der Waals surface area contributed by atoms with Crippen LogP contribution in [-0.2, 0) is 23.4 Å². The lowest BCUT2D eigenvalue weighted by molar-refractivity contribution is -0.139. The van der Waals surface area contributed by atoms with Crippen molar-refractivity contribution in [1.82, 2.24) is 0 Å². The van der Waals surface area contributed by atoms with Gasteiger partial charge in [-0.2, -0.15) is 0 Å². The first kappa shape index (κ1) is 25.9. The SMILES string of the molecule is C[C@@H]1[C@@H](C2OC=CO2)[C@@H](C(CO)C2OC=CO2)C[C@@H]1O[Si](c1ccccc1)(c1ccccc1)C(C)(C)C. The highest BCUT2D eigenvalue weighted by molar-refractivity contribution is 6.99. The second-order valence-corrected chi connectivity index (χ2v) is 15.6. The third kappa shape index (κ3) is 4.69. The van der Waals surface area contributed by atoms with E-state index in [1.54, 1.807) is 25.0 Å². The Balaban J connectivity index is 1.56. The number of hydrogen-bond donors (Lipinski definition) is 1. The minimum absolute atomic E-state index is 0.0110. The summed E-state index contributed by atoms with van der Waals surface area (Å²) in [5, 5.41) is 12.8. The van der Waals surface area contributed by atoms with E-state index >= 15 is 0 Å². The molecule has 0 bridgehead atoms. The van der Waals surface area contributed by atoms with Crippen LogP contribution in [0.1, 0.15) is 34.1 Å². The van der Waals surface area contributed by atoms with Crippen LogP contribution >= 0.6 is 0 Å². The minimum Gasteiger partial charge on any atom is -0.459 e. The van der Waals surface area contributed by atoms with Gasteiger partial charge < -0.3 is 28.5 Å². The van der Waals surface area contributed by atoms with Crippen LogP contribution in [0.3, 0.4) is 0 Å². The zero-order chi connectivity index (χ0) is 26.0. The van der Waals surface area contributed by atoms with E-state index in [0.29, 0.717) is 0 Å². The molecule has 0 saturated heterocycles. The second-order valence-electron chi connectivity index (χ2n) is 11.3. The highest BCUT2D eigenvalue weighted by atomic mass is 28.4. The molecule has 6 nitrogen and oxygen atoms in total. The van der Waals surface area contributed by atoms with Crippen LogP contribution in [0.25, 0.3) is 0 Å². The molecule has 2 aromatic carbocycles. The molecule has 1 saturated carbocycles. The summed E-state index contributed by atoms with van der Waals surface area (Å²) in [4.78, 5) is 0. The Hall–Kier alpha value is -2.74. The standard InChI is InChI=1S/C30H38O6Si/c1-21-26(19-24(27(21)29-34-17-18-35-29)25(20-31)28-32-15-16-33-28)36-37(30(2,3)4,22-11-7-5-8-12-22)23-13-9-6-10-14-23/h5-18,21,24-29,31H,19-20H2,1-4H3/t21-,24+,25?,26-,27+/m0/s1. The quantitative estimate of drug-likeness (QED) is 0.515. The number of ether oxygens (including phenoxy) is 4. The summed E-state index contributed by atoms with van der Waals surface area (Å²) in [6.45, 7) is 9.05. The smallest absolute Gasteiger partial charge is 0.261 e. The van der Waals surface area contributed by atoms with Gasteiger partial charge in [0.25, 0.3) is 8.32 Å². The molecule has 0 aromatic heterocycles. The summed E-state index contributed by atoms with van der Waals surface area (Å²) >= 11 is 0. The molecule has 198 valence electrons. The van der Waals surface area contributed by atoms with Gasteiger partial charge >= 0.3 is 0 Å². The van der Waals surface area contributed by atoms with Crippen molar-refractivity contribution in [3.63, 3.8) is 0 Å². The molecule has 1 aliphatic carbocycles. The van der Waals surface area contributed by atoms with Gasteiger partial charge in [0.2, 0.25) is 12.6 Å². The molecule has 0 radical (unpaired) electrons. The van der Waals surface area contributed by atoms with Gasteiger partial charge in [-0.3, -0.25) is 0 Å². The van der Waals surface area contributed by atoms with Gasteiger partial charge in [0, 0.05) is 12.0 Å². The van der Waals surface area contributed by atoms with Crippen LogP contribution in [0.4, 0.5) is 0 Å². The van der Waals surface area contributed by atoms with Gasteiger partial charge in [0.15, 0.2) is 0 Å². The Morgan fingerprint density at radius 2 is 1.38 bits per heavy atom. The fourth-order valence-electron chi connectivity index (χ4n) is 6.57. The van der Waals surface area contributed by atoms with E-state index in [0.717, 1.165) is 6.42 Å². The van der Waals surface area contributed by atoms with Crippen LogP contribution in [-0.4, -0.2) is 38.7 Å². The molecule has 5 atom stereocenters. The second kappa shape index (κ2) is 10.6. The van der Waals surface area contributed by atoms with Crippen LogP contribution < -0.4 is 10.4 Å². The van der Waals surface area contributed by atoms with E-state index in [2.05, 4.69) is 88.4 Å². The predicted molar refractivity (Wildman–Crippen MR) is 144 cm³/mol. The molecule has 1 fully saturated rings. The number of benzene rings is 2. The fourth-order valence-corrected chi connectivity index (χ4v) is 11.4. The van der Waals surface area contributed by atoms with Crippen molar-refractivity contribution >= 4 is 18.7 Å². The molecule has 3 aliphatic rings. The highest BCUT2D eigenvalue weighted by Gasteiger charge is 2.57. The fraction of sp³-hybridized carbons (Fsp3) is 0.467. The van der Waals surface area contributed by atoms with Gasteiger partial charge in [-0.15, -0.1) is 0 Å². The van der Waals surface area contributed by atoms with Gasteiger partial charge in [0.05, 0.1) is 12.5 Å². The van der Waals surface area contributed by atoms with Gasteiger partial charge in [-0.25, -0.2) is 0 Å². The number of hydrogen-bond acceptors (Lipinski definition) is 6. The van der Waals surface area contributed by atoms with Crippen molar-refractivity contribution in [2.24, 2.45) is 23.7 Å². The lowest BCUT2D eigenvalue weighted by atomic mass is 9.80. The monoisotopic (exact) mass is 522 g/mol. The zero-order valence-corrected chi connectivity index (χ0v) is 23.0. The molecule has 2 aromatic rings. The molecule has 1 unspecified atom stereocenters. The van der Waals surface area contributed by atoms with E-state index in [-0.39, 0.29) is 41.4 Å². The molecule has 0 spiro atoms. The molecular formula is C30H38O6Si. The lowest BCUT2D eigenvalue weighted by Crippen LogP contribution is -2.68. The third-order valence-corrected chi connectivity index (χ3v) is 13.4.